The van der Waals surface area contributed by atoms with Gasteiger partial charge in [-0.2, -0.15) is 5.10 Å². The summed E-state index contributed by atoms with van der Waals surface area (Å²) < 4.78 is 1.21. The molecule has 3 rings (SSSR count). The van der Waals surface area contributed by atoms with Gasteiger partial charge in [0.1, 0.15) is 5.69 Å². The molecule has 0 saturated carbocycles. The maximum absolute atomic E-state index is 12.4. The zero-order valence-electron chi connectivity index (χ0n) is 15.5. The number of para-hydroxylation sites is 2. The summed E-state index contributed by atoms with van der Waals surface area (Å²) in [5.74, 6) is 4.98. The van der Waals surface area contributed by atoms with Crippen molar-refractivity contribution < 1.29 is 9.72 Å². The first-order valence-corrected chi connectivity index (χ1v) is 8.64. The Balaban J connectivity index is 1.86. The molecule has 0 fully saturated rings. The number of rotatable bonds is 4. The van der Waals surface area contributed by atoms with Crippen molar-refractivity contribution in [1.82, 2.24) is 15.1 Å². The third kappa shape index (κ3) is 4.54. The quantitative estimate of drug-likeness (QED) is 0.419. The van der Waals surface area contributed by atoms with Gasteiger partial charge in [0, 0.05) is 23.4 Å². The third-order valence-electron chi connectivity index (χ3n) is 3.97. The van der Waals surface area contributed by atoms with Gasteiger partial charge in [0.25, 0.3) is 11.6 Å². The predicted octanol–water partition coefficient (Wildman–Crippen LogP) is 2.23. The molecule has 2 aromatic carbocycles. The fourth-order valence-corrected chi connectivity index (χ4v) is 2.62. The highest BCUT2D eigenvalue weighted by atomic mass is 16.6. The topological polar surface area (TPSA) is 107 Å². The average molecular weight is 388 g/mol. The number of aryl methyl sites for hydroxylation is 1. The van der Waals surface area contributed by atoms with Gasteiger partial charge >= 0.3 is 0 Å². The van der Waals surface area contributed by atoms with Crippen LogP contribution in [-0.4, -0.2) is 27.2 Å². The SMILES string of the molecule is Cc1cc(=O)c(C(=O)NCC#Cc2ccccc2)nn1-c1ccccc1[N+](=O)[O-]. The molecular weight excluding hydrogens is 372 g/mol. The van der Waals surface area contributed by atoms with Gasteiger partial charge in [-0.1, -0.05) is 42.2 Å². The van der Waals surface area contributed by atoms with Crippen molar-refractivity contribution >= 4 is 11.6 Å². The number of aromatic nitrogens is 2. The number of benzene rings is 2. The van der Waals surface area contributed by atoms with Crippen LogP contribution in [0.15, 0.2) is 65.5 Å². The smallest absolute Gasteiger partial charge is 0.294 e. The Bertz CT molecular complexity index is 1190. The largest absolute Gasteiger partial charge is 0.340 e. The first kappa shape index (κ1) is 19.5. The van der Waals surface area contributed by atoms with Crippen molar-refractivity contribution in [2.24, 2.45) is 0 Å². The molecule has 1 N–H and O–H groups in total. The van der Waals surface area contributed by atoms with Crippen LogP contribution in [-0.2, 0) is 0 Å². The molecule has 0 aliphatic rings. The van der Waals surface area contributed by atoms with Crippen LogP contribution in [0.3, 0.4) is 0 Å². The zero-order valence-corrected chi connectivity index (χ0v) is 15.5. The lowest BCUT2D eigenvalue weighted by molar-refractivity contribution is -0.384. The number of nitrogens with zero attached hydrogens (tertiary/aromatic N) is 3. The molecule has 8 heteroatoms. The molecule has 8 nitrogen and oxygen atoms in total. The number of amides is 1. The zero-order chi connectivity index (χ0) is 20.8. The second kappa shape index (κ2) is 8.63. The Morgan fingerprint density at radius 3 is 2.59 bits per heavy atom. The molecule has 0 atom stereocenters. The fraction of sp³-hybridized carbons (Fsp3) is 0.0952. The van der Waals surface area contributed by atoms with E-state index < -0.39 is 16.3 Å². The minimum absolute atomic E-state index is 0.0220. The van der Waals surface area contributed by atoms with Crippen LogP contribution >= 0.6 is 0 Å². The number of hydrogen-bond donors (Lipinski definition) is 1. The summed E-state index contributed by atoms with van der Waals surface area (Å²) in [6.07, 6.45) is 0. The van der Waals surface area contributed by atoms with E-state index in [9.17, 15) is 19.7 Å². The molecule has 144 valence electrons. The highest BCUT2D eigenvalue weighted by Crippen LogP contribution is 2.22. The fourth-order valence-electron chi connectivity index (χ4n) is 2.62. The van der Waals surface area contributed by atoms with Crippen molar-refractivity contribution in [3.8, 4) is 17.5 Å². The summed E-state index contributed by atoms with van der Waals surface area (Å²) in [4.78, 5) is 35.4. The van der Waals surface area contributed by atoms with E-state index in [0.717, 1.165) is 5.56 Å². The van der Waals surface area contributed by atoms with Crippen molar-refractivity contribution in [3.05, 3.63) is 98.0 Å². The van der Waals surface area contributed by atoms with Crippen LogP contribution in [0.4, 0.5) is 5.69 Å². The summed E-state index contributed by atoms with van der Waals surface area (Å²) >= 11 is 0. The van der Waals surface area contributed by atoms with Crippen molar-refractivity contribution in [2.45, 2.75) is 6.92 Å². The first-order chi connectivity index (χ1) is 14.0. The molecule has 29 heavy (non-hydrogen) atoms. The molecule has 0 saturated heterocycles. The molecule has 0 bridgehead atoms. The maximum Gasteiger partial charge on any atom is 0.294 e. The Kier molecular flexibility index (Phi) is 5.80. The Morgan fingerprint density at radius 2 is 1.86 bits per heavy atom. The van der Waals surface area contributed by atoms with Gasteiger partial charge in [0.2, 0.25) is 5.43 Å². The summed E-state index contributed by atoms with van der Waals surface area (Å²) in [5.41, 5.74) is 0.194. The van der Waals surface area contributed by atoms with Crippen molar-refractivity contribution in [1.29, 1.82) is 0 Å². The minimum atomic E-state index is -0.704. The molecule has 0 radical (unpaired) electrons. The maximum atomic E-state index is 12.4. The van der Waals surface area contributed by atoms with Gasteiger partial charge in [-0.05, 0) is 25.1 Å². The van der Waals surface area contributed by atoms with E-state index in [0.29, 0.717) is 5.69 Å². The van der Waals surface area contributed by atoms with Gasteiger partial charge in [-0.3, -0.25) is 19.7 Å². The van der Waals surface area contributed by atoms with E-state index in [1.807, 2.05) is 30.3 Å². The third-order valence-corrected chi connectivity index (χ3v) is 3.97. The molecule has 1 amide bonds. The number of nitro groups is 1. The predicted molar refractivity (Wildman–Crippen MR) is 107 cm³/mol. The Morgan fingerprint density at radius 1 is 1.17 bits per heavy atom. The van der Waals surface area contributed by atoms with E-state index in [-0.39, 0.29) is 23.6 Å². The first-order valence-electron chi connectivity index (χ1n) is 8.64. The molecule has 0 aliphatic heterocycles. The molecule has 0 spiro atoms. The van der Waals surface area contributed by atoms with Crippen molar-refractivity contribution in [3.63, 3.8) is 0 Å². The normalized spacial score (nSPS) is 9.97. The summed E-state index contributed by atoms with van der Waals surface area (Å²) in [5, 5.41) is 17.9. The summed E-state index contributed by atoms with van der Waals surface area (Å²) in [6.45, 7) is 1.60. The van der Waals surface area contributed by atoms with Crippen LogP contribution in [0.2, 0.25) is 0 Å². The Labute approximate surface area is 166 Å². The van der Waals surface area contributed by atoms with Crippen LogP contribution in [0.1, 0.15) is 21.7 Å². The number of nitro benzene ring substituents is 1. The number of carbonyl (C=O) groups is 1. The van der Waals surface area contributed by atoms with E-state index in [1.165, 1.54) is 28.9 Å². The lowest BCUT2D eigenvalue weighted by Crippen LogP contribution is -2.32. The van der Waals surface area contributed by atoms with Gasteiger partial charge in [-0.15, -0.1) is 0 Å². The van der Waals surface area contributed by atoms with E-state index in [2.05, 4.69) is 22.3 Å². The monoisotopic (exact) mass is 388 g/mol. The highest BCUT2D eigenvalue weighted by molar-refractivity contribution is 5.92. The molecular formula is C21H16N4O4. The van der Waals surface area contributed by atoms with Gasteiger partial charge in [0.05, 0.1) is 11.5 Å². The van der Waals surface area contributed by atoms with Crippen LogP contribution < -0.4 is 10.7 Å². The van der Waals surface area contributed by atoms with Gasteiger partial charge in [0.15, 0.2) is 5.69 Å². The Hall–Kier alpha value is -4.25. The van der Waals surface area contributed by atoms with Crippen LogP contribution in [0.5, 0.6) is 0 Å². The standard InChI is InChI=1S/C21H16N4O4/c1-15-14-19(26)20(21(27)22-13-7-10-16-8-3-2-4-9-16)23-24(15)17-11-5-6-12-18(17)25(28)29/h2-6,8-9,11-12,14H,13H2,1H3,(H,22,27). The molecule has 0 unspecified atom stereocenters. The number of hydrogen-bond acceptors (Lipinski definition) is 5. The molecule has 0 aliphatic carbocycles. The molecule has 3 aromatic rings. The van der Waals surface area contributed by atoms with E-state index >= 15 is 0 Å². The average Bonchev–Trinajstić information content (AvgIpc) is 2.72. The lowest BCUT2D eigenvalue weighted by atomic mass is 10.2. The van der Waals surface area contributed by atoms with E-state index in [1.54, 1.807) is 13.0 Å². The van der Waals surface area contributed by atoms with Gasteiger partial charge in [-0.25, -0.2) is 4.68 Å². The summed E-state index contributed by atoms with van der Waals surface area (Å²) in [6, 6.07) is 16.4. The summed E-state index contributed by atoms with van der Waals surface area (Å²) in [7, 11) is 0. The molecule has 1 heterocycles. The minimum Gasteiger partial charge on any atom is -0.340 e. The van der Waals surface area contributed by atoms with Gasteiger partial charge < -0.3 is 5.32 Å². The number of carbonyl (C=O) groups excluding carboxylic acids is 1. The number of nitrogens with one attached hydrogen (secondary N) is 1. The second-order valence-corrected chi connectivity index (χ2v) is 6.01. The van der Waals surface area contributed by atoms with E-state index in [4.69, 9.17) is 0 Å². The van der Waals surface area contributed by atoms with Crippen molar-refractivity contribution in [2.75, 3.05) is 6.54 Å². The molecule has 1 aromatic heterocycles. The second-order valence-electron chi connectivity index (χ2n) is 6.01. The van der Waals surface area contributed by atoms with Crippen LogP contribution in [0, 0.1) is 28.9 Å². The van der Waals surface area contributed by atoms with Crippen LogP contribution in [0.25, 0.3) is 5.69 Å². The highest BCUT2D eigenvalue weighted by Gasteiger charge is 2.19. The lowest BCUT2D eigenvalue weighted by Gasteiger charge is -2.11.